The Morgan fingerprint density at radius 2 is 2.11 bits per heavy atom. The maximum atomic E-state index is 5.57. The van der Waals surface area contributed by atoms with Crippen LogP contribution in [0.3, 0.4) is 0 Å². The van der Waals surface area contributed by atoms with Gasteiger partial charge in [0.1, 0.15) is 0 Å². The minimum absolute atomic E-state index is 0.353. The minimum atomic E-state index is 0.353. The summed E-state index contributed by atoms with van der Waals surface area (Å²) in [6.45, 7) is 10.3. The van der Waals surface area contributed by atoms with Gasteiger partial charge in [0.15, 0.2) is 5.96 Å². The molecule has 5 nitrogen and oxygen atoms in total. The molecule has 0 aliphatic carbocycles. The lowest BCUT2D eigenvalue weighted by Crippen LogP contribution is -2.43. The largest absolute Gasteiger partial charge is 0.376 e. The Kier molecular flexibility index (Phi) is 7.76. The molecule has 0 aromatic heterocycles. The second-order valence-corrected chi connectivity index (χ2v) is 4.54. The predicted octanol–water partition coefficient (Wildman–Crippen LogP) is 0.672. The van der Waals surface area contributed by atoms with Crippen LogP contribution < -0.4 is 10.6 Å². The molecule has 0 amide bonds. The van der Waals surface area contributed by atoms with Crippen LogP contribution in [0, 0.1) is 0 Å². The van der Waals surface area contributed by atoms with Crippen molar-refractivity contribution in [1.82, 2.24) is 15.5 Å². The van der Waals surface area contributed by atoms with Crippen molar-refractivity contribution < 1.29 is 4.74 Å². The van der Waals surface area contributed by atoms with Gasteiger partial charge in [0.25, 0.3) is 0 Å². The average Bonchev–Trinajstić information content (AvgIpc) is 2.91. The van der Waals surface area contributed by atoms with Gasteiger partial charge in [-0.15, -0.1) is 0 Å². The third-order valence-electron chi connectivity index (χ3n) is 3.36. The summed E-state index contributed by atoms with van der Waals surface area (Å²) in [5, 5.41) is 6.65. The summed E-state index contributed by atoms with van der Waals surface area (Å²) in [6.07, 6.45) is 2.69. The first-order valence-electron chi connectivity index (χ1n) is 7.08. The molecular weight excluding hydrogens is 228 g/mol. The standard InChI is InChI=1S/C13H28N4O/c1-4-17(5-2)9-8-15-13(14-3)16-11-12-7-6-10-18-12/h12H,4-11H2,1-3H3,(H2,14,15,16). The van der Waals surface area contributed by atoms with Gasteiger partial charge in [0, 0.05) is 33.3 Å². The number of guanidine groups is 1. The monoisotopic (exact) mass is 256 g/mol. The third kappa shape index (κ3) is 5.69. The summed E-state index contributed by atoms with van der Waals surface area (Å²) < 4.78 is 5.57. The van der Waals surface area contributed by atoms with Crippen LogP contribution in [-0.2, 0) is 4.74 Å². The lowest BCUT2D eigenvalue weighted by molar-refractivity contribution is 0.114. The van der Waals surface area contributed by atoms with E-state index in [4.69, 9.17) is 4.74 Å². The molecule has 1 unspecified atom stereocenters. The topological polar surface area (TPSA) is 48.9 Å². The predicted molar refractivity (Wildman–Crippen MR) is 76.1 cm³/mol. The Balaban J connectivity index is 2.13. The lowest BCUT2D eigenvalue weighted by atomic mass is 10.2. The molecule has 0 aromatic rings. The van der Waals surface area contributed by atoms with Crippen LogP contribution in [-0.4, -0.2) is 63.3 Å². The lowest BCUT2D eigenvalue weighted by Gasteiger charge is -2.20. The van der Waals surface area contributed by atoms with Crippen LogP contribution in [0.4, 0.5) is 0 Å². The fourth-order valence-corrected chi connectivity index (χ4v) is 2.11. The number of nitrogens with one attached hydrogen (secondary N) is 2. The molecule has 1 aliphatic heterocycles. The summed E-state index contributed by atoms with van der Waals surface area (Å²) in [4.78, 5) is 6.61. The molecular formula is C13H28N4O. The number of likely N-dealkylation sites (N-methyl/N-ethyl adjacent to an activating group) is 1. The van der Waals surface area contributed by atoms with E-state index in [1.165, 1.54) is 6.42 Å². The molecule has 1 saturated heterocycles. The number of hydrogen-bond acceptors (Lipinski definition) is 3. The number of nitrogens with zero attached hydrogens (tertiary/aromatic N) is 2. The highest BCUT2D eigenvalue weighted by atomic mass is 16.5. The molecule has 0 spiro atoms. The highest BCUT2D eigenvalue weighted by molar-refractivity contribution is 5.79. The zero-order valence-corrected chi connectivity index (χ0v) is 12.0. The molecule has 0 bridgehead atoms. The summed E-state index contributed by atoms with van der Waals surface area (Å²) in [5.41, 5.74) is 0. The van der Waals surface area contributed by atoms with Gasteiger partial charge < -0.3 is 20.3 Å². The molecule has 1 fully saturated rings. The van der Waals surface area contributed by atoms with Crippen LogP contribution in [0.5, 0.6) is 0 Å². The molecule has 1 rings (SSSR count). The number of ether oxygens (including phenoxy) is 1. The highest BCUT2D eigenvalue weighted by Crippen LogP contribution is 2.10. The van der Waals surface area contributed by atoms with E-state index in [9.17, 15) is 0 Å². The molecule has 1 aliphatic rings. The van der Waals surface area contributed by atoms with Crippen molar-refractivity contribution in [2.75, 3.05) is 46.4 Å². The molecule has 1 atom stereocenters. The number of rotatable bonds is 7. The van der Waals surface area contributed by atoms with E-state index in [0.29, 0.717) is 6.10 Å². The Morgan fingerprint density at radius 3 is 2.67 bits per heavy atom. The Morgan fingerprint density at radius 1 is 1.33 bits per heavy atom. The summed E-state index contributed by atoms with van der Waals surface area (Å²) in [6, 6.07) is 0. The zero-order valence-electron chi connectivity index (χ0n) is 12.0. The van der Waals surface area contributed by atoms with Gasteiger partial charge >= 0.3 is 0 Å². The van der Waals surface area contributed by atoms with Crippen LogP contribution in [0.2, 0.25) is 0 Å². The van der Waals surface area contributed by atoms with Crippen molar-refractivity contribution in [2.24, 2.45) is 4.99 Å². The van der Waals surface area contributed by atoms with Gasteiger partial charge in [-0.2, -0.15) is 0 Å². The van der Waals surface area contributed by atoms with E-state index < -0.39 is 0 Å². The van der Waals surface area contributed by atoms with Crippen molar-refractivity contribution in [3.8, 4) is 0 Å². The summed E-state index contributed by atoms with van der Waals surface area (Å²) in [7, 11) is 1.81. The molecule has 2 N–H and O–H groups in total. The fraction of sp³-hybridized carbons (Fsp3) is 0.923. The first-order chi connectivity index (χ1) is 8.80. The third-order valence-corrected chi connectivity index (χ3v) is 3.36. The van der Waals surface area contributed by atoms with Crippen LogP contribution >= 0.6 is 0 Å². The van der Waals surface area contributed by atoms with Gasteiger partial charge in [0.05, 0.1) is 6.10 Å². The highest BCUT2D eigenvalue weighted by Gasteiger charge is 2.15. The van der Waals surface area contributed by atoms with Gasteiger partial charge in [0.2, 0.25) is 0 Å². The van der Waals surface area contributed by atoms with E-state index in [1.807, 2.05) is 7.05 Å². The smallest absolute Gasteiger partial charge is 0.191 e. The van der Waals surface area contributed by atoms with E-state index in [1.54, 1.807) is 0 Å². The SMILES string of the molecule is CCN(CC)CCNC(=NC)NCC1CCCO1. The van der Waals surface area contributed by atoms with Crippen molar-refractivity contribution in [1.29, 1.82) is 0 Å². The first-order valence-corrected chi connectivity index (χ1v) is 7.08. The summed E-state index contributed by atoms with van der Waals surface area (Å²) in [5.74, 6) is 0.873. The van der Waals surface area contributed by atoms with E-state index in [-0.39, 0.29) is 0 Å². The van der Waals surface area contributed by atoms with Gasteiger partial charge in [-0.05, 0) is 25.9 Å². The van der Waals surface area contributed by atoms with Crippen molar-refractivity contribution >= 4 is 5.96 Å². The molecule has 5 heteroatoms. The average molecular weight is 256 g/mol. The molecule has 0 saturated carbocycles. The Labute approximate surface area is 111 Å². The van der Waals surface area contributed by atoms with Crippen LogP contribution in [0.15, 0.2) is 4.99 Å². The van der Waals surface area contributed by atoms with E-state index in [0.717, 1.165) is 51.7 Å². The zero-order chi connectivity index (χ0) is 13.2. The van der Waals surface area contributed by atoms with Crippen molar-refractivity contribution in [3.05, 3.63) is 0 Å². The van der Waals surface area contributed by atoms with Crippen molar-refractivity contribution in [2.45, 2.75) is 32.8 Å². The first kappa shape index (κ1) is 15.2. The molecule has 18 heavy (non-hydrogen) atoms. The molecule has 0 aromatic carbocycles. The molecule has 0 radical (unpaired) electrons. The van der Waals surface area contributed by atoms with Gasteiger partial charge in [-0.3, -0.25) is 4.99 Å². The Bertz CT molecular complexity index is 235. The van der Waals surface area contributed by atoms with Crippen LogP contribution in [0.25, 0.3) is 0 Å². The molecule has 1 heterocycles. The molecule has 106 valence electrons. The van der Waals surface area contributed by atoms with Crippen LogP contribution in [0.1, 0.15) is 26.7 Å². The van der Waals surface area contributed by atoms with E-state index >= 15 is 0 Å². The maximum Gasteiger partial charge on any atom is 0.191 e. The van der Waals surface area contributed by atoms with Gasteiger partial charge in [-0.25, -0.2) is 0 Å². The van der Waals surface area contributed by atoms with E-state index in [2.05, 4.69) is 34.4 Å². The Hall–Kier alpha value is -0.810. The normalized spacial score (nSPS) is 20.4. The second-order valence-electron chi connectivity index (χ2n) is 4.54. The number of aliphatic imine (C=N–C) groups is 1. The quantitative estimate of drug-likeness (QED) is 0.519. The maximum absolute atomic E-state index is 5.57. The second kappa shape index (κ2) is 9.16. The van der Waals surface area contributed by atoms with Crippen molar-refractivity contribution in [3.63, 3.8) is 0 Å². The number of hydrogen-bond donors (Lipinski definition) is 2. The van der Waals surface area contributed by atoms with Gasteiger partial charge in [-0.1, -0.05) is 13.8 Å². The summed E-state index contributed by atoms with van der Waals surface area (Å²) >= 11 is 0. The minimum Gasteiger partial charge on any atom is -0.376 e. The fourth-order valence-electron chi connectivity index (χ4n) is 2.11.